The van der Waals surface area contributed by atoms with Crippen molar-refractivity contribution in [2.75, 3.05) is 46.5 Å². The third-order valence-electron chi connectivity index (χ3n) is 6.36. The van der Waals surface area contributed by atoms with Gasteiger partial charge in [0.25, 0.3) is 17.4 Å². The van der Waals surface area contributed by atoms with E-state index in [1.165, 1.54) is 42.3 Å². The fourth-order valence-electron chi connectivity index (χ4n) is 4.49. The molecule has 10 nitrogen and oxygen atoms in total. The molecule has 2 aromatic rings. The zero-order valence-corrected chi connectivity index (χ0v) is 20.4. The number of aliphatic hydroxyl groups excluding tert-OH is 1. The number of ketones is 1. The van der Waals surface area contributed by atoms with Crippen molar-refractivity contribution < 1.29 is 29.1 Å². The molecule has 1 atom stereocenters. The zero-order valence-electron chi connectivity index (χ0n) is 19.7. The maximum atomic E-state index is 13.2. The summed E-state index contributed by atoms with van der Waals surface area (Å²) >= 11 is 6.22. The molecule has 0 bridgehead atoms. The van der Waals surface area contributed by atoms with E-state index in [4.69, 9.17) is 21.1 Å². The number of nitrogens with zero attached hydrogens (tertiary/aromatic N) is 3. The van der Waals surface area contributed by atoms with Gasteiger partial charge in [-0.1, -0.05) is 11.6 Å². The van der Waals surface area contributed by atoms with Gasteiger partial charge < -0.3 is 19.5 Å². The van der Waals surface area contributed by atoms with Crippen LogP contribution < -0.4 is 4.74 Å². The summed E-state index contributed by atoms with van der Waals surface area (Å²) in [5.74, 6) is -1.55. The number of hydrogen-bond acceptors (Lipinski definition) is 8. The van der Waals surface area contributed by atoms with E-state index in [0.29, 0.717) is 37.5 Å². The Morgan fingerprint density at radius 1 is 1.17 bits per heavy atom. The first-order valence-corrected chi connectivity index (χ1v) is 11.9. The summed E-state index contributed by atoms with van der Waals surface area (Å²) < 4.78 is 10.5. The average Bonchev–Trinajstić information content (AvgIpc) is 3.14. The first-order valence-electron chi connectivity index (χ1n) is 11.5. The minimum absolute atomic E-state index is 0.0959. The maximum absolute atomic E-state index is 13.2. The number of aliphatic hydroxyl groups is 1. The normalized spacial score (nSPS) is 20.1. The first-order chi connectivity index (χ1) is 17.3. The number of non-ortho nitro benzene ring substituents is 1. The number of morpholine rings is 1. The molecule has 4 rings (SSSR count). The Bertz CT molecular complexity index is 1190. The Morgan fingerprint density at radius 2 is 1.86 bits per heavy atom. The van der Waals surface area contributed by atoms with Crippen molar-refractivity contribution in [1.82, 2.24) is 9.80 Å². The molecule has 1 amide bonds. The molecule has 1 unspecified atom stereocenters. The molecule has 2 aliphatic heterocycles. The van der Waals surface area contributed by atoms with Gasteiger partial charge in [0, 0.05) is 43.9 Å². The van der Waals surface area contributed by atoms with Crippen molar-refractivity contribution in [2.24, 2.45) is 0 Å². The van der Waals surface area contributed by atoms with Crippen LogP contribution in [0.5, 0.6) is 5.75 Å². The summed E-state index contributed by atoms with van der Waals surface area (Å²) in [6.07, 6.45) is 0.602. The Hall–Kier alpha value is -3.47. The molecule has 2 aliphatic rings. The number of nitro groups is 1. The third-order valence-corrected chi connectivity index (χ3v) is 6.66. The van der Waals surface area contributed by atoms with Gasteiger partial charge in [-0.3, -0.25) is 24.6 Å². The quantitative estimate of drug-likeness (QED) is 0.186. The average molecular weight is 516 g/mol. The number of carbonyl (C=O) groups is 2. The monoisotopic (exact) mass is 515 g/mol. The number of amides is 1. The number of Topliss-reactive ketones (excluding diaryl/α,β-unsaturated/α-hetero) is 1. The van der Waals surface area contributed by atoms with E-state index in [1.807, 2.05) is 0 Å². The molecule has 2 heterocycles. The second kappa shape index (κ2) is 11.1. The molecular formula is C25H26ClN3O7. The Morgan fingerprint density at radius 3 is 2.47 bits per heavy atom. The van der Waals surface area contributed by atoms with Crippen molar-refractivity contribution in [3.05, 3.63) is 74.3 Å². The fourth-order valence-corrected chi connectivity index (χ4v) is 4.75. The van der Waals surface area contributed by atoms with E-state index < -0.39 is 22.7 Å². The Balaban J connectivity index is 1.70. The topological polar surface area (TPSA) is 122 Å². The summed E-state index contributed by atoms with van der Waals surface area (Å²) in [7, 11) is 1.46. The summed E-state index contributed by atoms with van der Waals surface area (Å²) in [6.45, 7) is 3.87. The molecule has 2 fully saturated rings. The van der Waals surface area contributed by atoms with Crippen LogP contribution in [0, 0.1) is 10.1 Å². The molecule has 36 heavy (non-hydrogen) atoms. The van der Waals surface area contributed by atoms with Crippen LogP contribution in [0.4, 0.5) is 5.69 Å². The molecule has 0 aliphatic carbocycles. The molecule has 0 aromatic heterocycles. The van der Waals surface area contributed by atoms with Crippen LogP contribution in [0.1, 0.15) is 23.6 Å². The first kappa shape index (κ1) is 25.6. The molecule has 0 radical (unpaired) electrons. The van der Waals surface area contributed by atoms with Crippen molar-refractivity contribution in [3.63, 3.8) is 0 Å². The smallest absolute Gasteiger partial charge is 0.295 e. The summed E-state index contributed by atoms with van der Waals surface area (Å²) in [5.41, 5.74) is 0.512. The number of nitro benzene ring substituents is 1. The minimum atomic E-state index is -0.906. The highest BCUT2D eigenvalue weighted by Crippen LogP contribution is 2.40. The van der Waals surface area contributed by atoms with Gasteiger partial charge in [-0.2, -0.15) is 0 Å². The molecule has 0 saturated carbocycles. The fraction of sp³-hybridized carbons (Fsp3) is 0.360. The SMILES string of the molecule is COc1ccc(/C(O)=C2\C(=O)C(=O)N(CCCN3CCOCC3)C2c2ccc([N+](=O)[O-])cc2)cc1Cl. The molecular weight excluding hydrogens is 490 g/mol. The lowest BCUT2D eigenvalue weighted by Crippen LogP contribution is -2.38. The van der Waals surface area contributed by atoms with Crippen LogP contribution >= 0.6 is 11.6 Å². The maximum Gasteiger partial charge on any atom is 0.295 e. The predicted molar refractivity (Wildman–Crippen MR) is 132 cm³/mol. The summed E-state index contributed by atoms with van der Waals surface area (Å²) in [5, 5.41) is 22.5. The van der Waals surface area contributed by atoms with Gasteiger partial charge in [-0.25, -0.2) is 0 Å². The number of halogens is 1. The van der Waals surface area contributed by atoms with E-state index in [1.54, 1.807) is 12.1 Å². The molecule has 1 N–H and O–H groups in total. The van der Waals surface area contributed by atoms with Crippen LogP contribution in [0.15, 0.2) is 48.0 Å². The lowest BCUT2D eigenvalue weighted by Gasteiger charge is -2.29. The highest BCUT2D eigenvalue weighted by Gasteiger charge is 2.46. The van der Waals surface area contributed by atoms with Crippen LogP contribution in [0.25, 0.3) is 5.76 Å². The van der Waals surface area contributed by atoms with Crippen LogP contribution in [-0.2, 0) is 14.3 Å². The van der Waals surface area contributed by atoms with Gasteiger partial charge >= 0.3 is 0 Å². The number of benzene rings is 2. The largest absolute Gasteiger partial charge is 0.507 e. The van der Waals surface area contributed by atoms with Gasteiger partial charge in [-0.15, -0.1) is 0 Å². The van der Waals surface area contributed by atoms with E-state index in [9.17, 15) is 24.8 Å². The number of hydrogen-bond donors (Lipinski definition) is 1. The van der Waals surface area contributed by atoms with E-state index >= 15 is 0 Å². The van der Waals surface area contributed by atoms with Crippen LogP contribution in [-0.4, -0.2) is 78.0 Å². The van der Waals surface area contributed by atoms with Gasteiger partial charge in [-0.05, 0) is 42.3 Å². The van der Waals surface area contributed by atoms with E-state index in [2.05, 4.69) is 4.90 Å². The highest BCUT2D eigenvalue weighted by molar-refractivity contribution is 6.46. The Labute approximate surface area is 212 Å². The third kappa shape index (κ3) is 5.20. The molecule has 2 saturated heterocycles. The standard InChI is InChI=1S/C25H26ClN3O7/c1-35-20-8-5-17(15-19(20)26)23(30)21-22(16-3-6-18(7-4-16)29(33)34)28(25(32)24(21)31)10-2-9-27-11-13-36-14-12-27/h3-8,15,22,30H,2,9-14H2,1H3/b23-21+. The minimum Gasteiger partial charge on any atom is -0.507 e. The molecule has 190 valence electrons. The van der Waals surface area contributed by atoms with Crippen molar-refractivity contribution in [3.8, 4) is 5.75 Å². The highest BCUT2D eigenvalue weighted by atomic mass is 35.5. The lowest BCUT2D eigenvalue weighted by molar-refractivity contribution is -0.384. The van der Waals surface area contributed by atoms with Crippen molar-refractivity contribution in [2.45, 2.75) is 12.5 Å². The second-order valence-corrected chi connectivity index (χ2v) is 8.91. The predicted octanol–water partition coefficient (Wildman–Crippen LogP) is 3.40. The number of rotatable bonds is 8. The van der Waals surface area contributed by atoms with E-state index in [-0.39, 0.29) is 34.2 Å². The zero-order chi connectivity index (χ0) is 25.8. The summed E-state index contributed by atoms with van der Waals surface area (Å²) in [4.78, 5) is 40.5. The van der Waals surface area contributed by atoms with Crippen molar-refractivity contribution >= 4 is 34.7 Å². The summed E-state index contributed by atoms with van der Waals surface area (Å²) in [6, 6.07) is 9.26. The lowest BCUT2D eigenvalue weighted by atomic mass is 9.95. The molecule has 0 spiro atoms. The Kier molecular flexibility index (Phi) is 7.88. The number of carbonyl (C=O) groups excluding carboxylic acids is 2. The van der Waals surface area contributed by atoms with Gasteiger partial charge in [0.1, 0.15) is 11.5 Å². The van der Waals surface area contributed by atoms with E-state index in [0.717, 1.165) is 13.1 Å². The number of likely N-dealkylation sites (tertiary alicyclic amines) is 1. The number of ether oxygens (including phenoxy) is 2. The molecule has 2 aromatic carbocycles. The van der Waals surface area contributed by atoms with Gasteiger partial charge in [0.15, 0.2) is 0 Å². The number of methoxy groups -OCH3 is 1. The second-order valence-electron chi connectivity index (χ2n) is 8.50. The van der Waals surface area contributed by atoms with Gasteiger partial charge in [0.05, 0.1) is 41.9 Å². The van der Waals surface area contributed by atoms with Crippen molar-refractivity contribution in [1.29, 1.82) is 0 Å². The van der Waals surface area contributed by atoms with Crippen LogP contribution in [0.3, 0.4) is 0 Å². The van der Waals surface area contributed by atoms with Gasteiger partial charge in [0.2, 0.25) is 0 Å². The van der Waals surface area contributed by atoms with Crippen LogP contribution in [0.2, 0.25) is 5.02 Å². The molecule has 11 heteroatoms.